The Kier molecular flexibility index (Phi) is 4.83. The maximum Gasteiger partial charge on any atom is 0.214 e. The van der Waals surface area contributed by atoms with Gasteiger partial charge in [-0.25, -0.2) is 12.7 Å². The highest BCUT2D eigenvalue weighted by Gasteiger charge is 2.31. The van der Waals surface area contributed by atoms with Crippen molar-refractivity contribution in [3.05, 3.63) is 0 Å². The van der Waals surface area contributed by atoms with Gasteiger partial charge in [0.1, 0.15) is 0 Å². The Morgan fingerprint density at radius 1 is 1.60 bits per heavy atom. The summed E-state index contributed by atoms with van der Waals surface area (Å²) >= 11 is 5.60. The Balaban J connectivity index is 2.56. The molecule has 6 heteroatoms. The smallest absolute Gasteiger partial charge is 0.214 e. The van der Waals surface area contributed by atoms with E-state index in [1.807, 2.05) is 6.92 Å². The van der Waals surface area contributed by atoms with Crippen molar-refractivity contribution in [2.45, 2.75) is 13.3 Å². The molecule has 2 unspecified atom stereocenters. The summed E-state index contributed by atoms with van der Waals surface area (Å²) in [6.07, 6.45) is 0.755. The first kappa shape index (κ1) is 13.2. The van der Waals surface area contributed by atoms with E-state index in [-0.39, 0.29) is 24.2 Å². The monoisotopic (exact) mass is 255 g/mol. The van der Waals surface area contributed by atoms with Gasteiger partial charge in [0.15, 0.2) is 0 Å². The molecule has 2 atom stereocenters. The van der Waals surface area contributed by atoms with Gasteiger partial charge in [-0.1, -0.05) is 6.92 Å². The molecule has 0 aromatic heterocycles. The first-order chi connectivity index (χ1) is 6.99. The lowest BCUT2D eigenvalue weighted by atomic mass is 10.1. The van der Waals surface area contributed by atoms with E-state index in [0.717, 1.165) is 6.42 Å². The Labute approximate surface area is 96.3 Å². The van der Waals surface area contributed by atoms with E-state index in [0.29, 0.717) is 19.0 Å². The SMILES string of the molecule is CC(CCl)CS(=O)(=O)N1CCC(CO)C1. The van der Waals surface area contributed by atoms with Crippen LogP contribution in [0.4, 0.5) is 0 Å². The largest absolute Gasteiger partial charge is 0.396 e. The fourth-order valence-electron chi connectivity index (χ4n) is 1.71. The number of sulfonamides is 1. The van der Waals surface area contributed by atoms with Gasteiger partial charge in [-0.15, -0.1) is 11.6 Å². The molecule has 15 heavy (non-hydrogen) atoms. The second kappa shape index (κ2) is 5.48. The number of aliphatic hydroxyl groups is 1. The molecule has 0 saturated carbocycles. The van der Waals surface area contributed by atoms with Crippen molar-refractivity contribution in [3.63, 3.8) is 0 Å². The van der Waals surface area contributed by atoms with Crippen LogP contribution in [0.3, 0.4) is 0 Å². The lowest BCUT2D eigenvalue weighted by Gasteiger charge is -2.18. The third-order valence-electron chi connectivity index (χ3n) is 2.66. The number of hydrogen-bond acceptors (Lipinski definition) is 3. The van der Waals surface area contributed by atoms with E-state index < -0.39 is 10.0 Å². The van der Waals surface area contributed by atoms with Gasteiger partial charge in [0.2, 0.25) is 10.0 Å². The Bertz CT molecular complexity index is 294. The standard InChI is InChI=1S/C9H18ClNO3S/c1-8(4-10)7-15(13,14)11-3-2-9(5-11)6-12/h8-9,12H,2-7H2,1H3. The van der Waals surface area contributed by atoms with Crippen molar-refractivity contribution < 1.29 is 13.5 Å². The van der Waals surface area contributed by atoms with Crippen LogP contribution in [0.5, 0.6) is 0 Å². The van der Waals surface area contributed by atoms with E-state index in [9.17, 15) is 8.42 Å². The van der Waals surface area contributed by atoms with Gasteiger partial charge in [-0.2, -0.15) is 0 Å². The zero-order valence-corrected chi connectivity index (χ0v) is 10.5. The fourth-order valence-corrected chi connectivity index (χ4v) is 3.82. The average Bonchev–Trinajstić information content (AvgIpc) is 2.65. The number of hydrogen-bond donors (Lipinski definition) is 1. The maximum absolute atomic E-state index is 11.8. The molecule has 1 N–H and O–H groups in total. The molecule has 1 aliphatic heterocycles. The molecule has 1 saturated heterocycles. The Morgan fingerprint density at radius 3 is 2.73 bits per heavy atom. The number of aliphatic hydroxyl groups excluding tert-OH is 1. The van der Waals surface area contributed by atoms with Crippen LogP contribution < -0.4 is 0 Å². The summed E-state index contributed by atoms with van der Waals surface area (Å²) in [5.74, 6) is 0.543. The number of halogens is 1. The molecule has 90 valence electrons. The summed E-state index contributed by atoms with van der Waals surface area (Å²) < 4.78 is 25.2. The molecule has 1 fully saturated rings. The summed E-state index contributed by atoms with van der Waals surface area (Å²) in [5.41, 5.74) is 0. The van der Waals surface area contributed by atoms with E-state index in [2.05, 4.69) is 0 Å². The summed E-state index contributed by atoms with van der Waals surface area (Å²) in [5, 5.41) is 8.93. The quantitative estimate of drug-likeness (QED) is 0.728. The molecule has 0 aromatic carbocycles. The Morgan fingerprint density at radius 2 is 2.27 bits per heavy atom. The number of rotatable bonds is 5. The first-order valence-corrected chi connectivity index (χ1v) is 7.28. The number of alkyl halides is 1. The van der Waals surface area contributed by atoms with Crippen LogP contribution in [0.25, 0.3) is 0 Å². The van der Waals surface area contributed by atoms with Crippen molar-refractivity contribution in [3.8, 4) is 0 Å². The van der Waals surface area contributed by atoms with Crippen LogP contribution in [-0.2, 0) is 10.0 Å². The molecule has 4 nitrogen and oxygen atoms in total. The van der Waals surface area contributed by atoms with Crippen LogP contribution in [0.2, 0.25) is 0 Å². The van der Waals surface area contributed by atoms with E-state index >= 15 is 0 Å². The predicted octanol–water partition coefficient (Wildman–Crippen LogP) is 0.505. The van der Waals surface area contributed by atoms with E-state index in [1.165, 1.54) is 4.31 Å². The lowest BCUT2D eigenvalue weighted by molar-refractivity contribution is 0.233. The minimum Gasteiger partial charge on any atom is -0.396 e. The van der Waals surface area contributed by atoms with Crippen molar-refractivity contribution >= 4 is 21.6 Å². The molecule has 0 radical (unpaired) electrons. The van der Waals surface area contributed by atoms with Crippen molar-refractivity contribution in [1.82, 2.24) is 4.31 Å². The summed E-state index contributed by atoms with van der Waals surface area (Å²) in [7, 11) is -3.18. The summed E-state index contributed by atoms with van der Waals surface area (Å²) in [6.45, 7) is 2.87. The number of nitrogens with zero attached hydrogens (tertiary/aromatic N) is 1. The van der Waals surface area contributed by atoms with Crippen LogP contribution in [0.1, 0.15) is 13.3 Å². The molecule has 0 amide bonds. The molecule has 0 bridgehead atoms. The summed E-state index contributed by atoms with van der Waals surface area (Å²) in [4.78, 5) is 0. The highest BCUT2D eigenvalue weighted by atomic mass is 35.5. The normalized spacial score (nSPS) is 25.7. The molecular formula is C9H18ClNO3S. The van der Waals surface area contributed by atoms with Crippen LogP contribution in [0, 0.1) is 11.8 Å². The second-order valence-electron chi connectivity index (χ2n) is 4.23. The topological polar surface area (TPSA) is 57.6 Å². The van der Waals surface area contributed by atoms with Crippen molar-refractivity contribution in [2.24, 2.45) is 11.8 Å². The molecule has 0 spiro atoms. The van der Waals surface area contributed by atoms with Gasteiger partial charge in [0.25, 0.3) is 0 Å². The fraction of sp³-hybridized carbons (Fsp3) is 1.00. The average molecular weight is 256 g/mol. The van der Waals surface area contributed by atoms with Gasteiger partial charge in [-0.05, 0) is 18.3 Å². The van der Waals surface area contributed by atoms with Gasteiger partial charge in [-0.3, -0.25) is 0 Å². The Hall–Kier alpha value is 0.160. The molecule has 0 aliphatic carbocycles. The third kappa shape index (κ3) is 3.59. The second-order valence-corrected chi connectivity index (χ2v) is 6.56. The van der Waals surface area contributed by atoms with Crippen molar-refractivity contribution in [1.29, 1.82) is 0 Å². The van der Waals surface area contributed by atoms with Gasteiger partial charge >= 0.3 is 0 Å². The molecule has 1 aliphatic rings. The third-order valence-corrected chi connectivity index (χ3v) is 5.29. The minimum absolute atomic E-state index is 0.0233. The molecule has 1 rings (SSSR count). The predicted molar refractivity (Wildman–Crippen MR) is 60.4 cm³/mol. The van der Waals surface area contributed by atoms with Crippen LogP contribution in [0.15, 0.2) is 0 Å². The van der Waals surface area contributed by atoms with E-state index in [4.69, 9.17) is 16.7 Å². The highest BCUT2D eigenvalue weighted by molar-refractivity contribution is 7.89. The minimum atomic E-state index is -3.18. The summed E-state index contributed by atoms with van der Waals surface area (Å²) in [6, 6.07) is 0. The van der Waals surface area contributed by atoms with Crippen LogP contribution >= 0.6 is 11.6 Å². The highest BCUT2D eigenvalue weighted by Crippen LogP contribution is 2.20. The van der Waals surface area contributed by atoms with Gasteiger partial charge in [0, 0.05) is 25.6 Å². The maximum atomic E-state index is 11.8. The molecular weight excluding hydrogens is 238 g/mol. The van der Waals surface area contributed by atoms with Crippen molar-refractivity contribution in [2.75, 3.05) is 31.3 Å². The first-order valence-electron chi connectivity index (χ1n) is 5.14. The zero-order valence-electron chi connectivity index (χ0n) is 8.89. The zero-order chi connectivity index (χ0) is 11.5. The van der Waals surface area contributed by atoms with Gasteiger partial charge < -0.3 is 5.11 Å². The van der Waals surface area contributed by atoms with Gasteiger partial charge in [0.05, 0.1) is 5.75 Å². The molecule has 1 heterocycles. The van der Waals surface area contributed by atoms with Crippen LogP contribution in [-0.4, -0.2) is 49.2 Å². The molecule has 0 aromatic rings. The lowest BCUT2D eigenvalue weighted by Crippen LogP contribution is -2.33. The van der Waals surface area contributed by atoms with E-state index in [1.54, 1.807) is 0 Å².